The van der Waals surface area contributed by atoms with Gasteiger partial charge in [0.15, 0.2) is 0 Å². The largest absolute Gasteiger partial charge is 0.361 e. The smallest absolute Gasteiger partial charge is 0.243 e. The predicted molar refractivity (Wildman–Crippen MR) is 130 cm³/mol. The molecule has 1 atom stereocenters. The molecule has 0 saturated heterocycles. The van der Waals surface area contributed by atoms with Crippen molar-refractivity contribution in [3.63, 3.8) is 0 Å². The van der Waals surface area contributed by atoms with E-state index in [0.717, 1.165) is 35.7 Å². The lowest BCUT2D eigenvalue weighted by Crippen LogP contribution is -2.43. The lowest BCUT2D eigenvalue weighted by molar-refractivity contribution is 0.350. The van der Waals surface area contributed by atoms with Gasteiger partial charge in [0.1, 0.15) is 5.82 Å². The number of halogens is 1. The van der Waals surface area contributed by atoms with Crippen molar-refractivity contribution in [1.82, 2.24) is 14.3 Å². The van der Waals surface area contributed by atoms with E-state index in [-0.39, 0.29) is 17.5 Å². The monoisotopic (exact) mass is 482 g/mol. The molecule has 0 unspecified atom stereocenters. The summed E-state index contributed by atoms with van der Waals surface area (Å²) in [6, 6.07) is 13.2. The molecule has 180 valence electrons. The summed E-state index contributed by atoms with van der Waals surface area (Å²) in [6.45, 7) is 1.31. The first-order valence-corrected chi connectivity index (χ1v) is 13.5. The topological polar surface area (TPSA) is 69.3 Å². The molecule has 3 aromatic rings. The van der Waals surface area contributed by atoms with Crippen molar-refractivity contribution < 1.29 is 12.8 Å². The number of H-pyrrole nitrogens is 1. The van der Waals surface area contributed by atoms with Crippen LogP contribution in [0.1, 0.15) is 49.8 Å². The van der Waals surface area contributed by atoms with Gasteiger partial charge in [-0.15, -0.1) is 0 Å². The van der Waals surface area contributed by atoms with Gasteiger partial charge in [0, 0.05) is 31.0 Å². The van der Waals surface area contributed by atoms with Gasteiger partial charge in [-0.1, -0.05) is 43.9 Å². The van der Waals surface area contributed by atoms with Crippen LogP contribution in [-0.4, -0.2) is 35.3 Å². The van der Waals surface area contributed by atoms with Gasteiger partial charge < -0.3 is 9.88 Å². The minimum atomic E-state index is -3.78. The average Bonchev–Trinajstić information content (AvgIpc) is 3.52. The molecule has 6 nitrogen and oxygen atoms in total. The Morgan fingerprint density at radius 1 is 1.03 bits per heavy atom. The molecule has 1 fully saturated rings. The molecule has 0 spiro atoms. The minimum absolute atomic E-state index is 0.0165. The summed E-state index contributed by atoms with van der Waals surface area (Å²) in [5.74, 6) is 0.273. The van der Waals surface area contributed by atoms with E-state index >= 15 is 0 Å². The molecular formula is C26H31FN4O2S. The fourth-order valence-corrected chi connectivity index (χ4v) is 6.85. The number of aromatic amines is 1. The third kappa shape index (κ3) is 4.88. The zero-order chi connectivity index (χ0) is 23.5. The molecule has 0 amide bonds. The normalized spacial score (nSPS) is 19.8. The van der Waals surface area contributed by atoms with Crippen LogP contribution in [0.25, 0.3) is 0 Å². The van der Waals surface area contributed by atoms with E-state index in [1.807, 2.05) is 24.4 Å². The molecule has 1 aromatic heterocycles. The average molecular weight is 483 g/mol. The summed E-state index contributed by atoms with van der Waals surface area (Å²) in [6.07, 6.45) is 10.6. The number of imidazole rings is 1. The van der Waals surface area contributed by atoms with E-state index < -0.39 is 15.8 Å². The maximum Gasteiger partial charge on any atom is 0.243 e. The highest BCUT2D eigenvalue weighted by atomic mass is 32.2. The van der Waals surface area contributed by atoms with Crippen molar-refractivity contribution in [2.45, 2.75) is 62.6 Å². The first-order chi connectivity index (χ1) is 16.5. The van der Waals surface area contributed by atoms with E-state index in [2.05, 4.69) is 20.9 Å². The molecule has 1 aliphatic heterocycles. The molecule has 8 heteroatoms. The van der Waals surface area contributed by atoms with Crippen LogP contribution in [0.4, 0.5) is 10.1 Å². The number of sulfonamides is 1. The number of benzene rings is 2. The molecule has 2 aliphatic rings. The van der Waals surface area contributed by atoms with Gasteiger partial charge in [0.05, 0.1) is 23.5 Å². The third-order valence-corrected chi connectivity index (χ3v) is 9.06. The Morgan fingerprint density at radius 3 is 2.53 bits per heavy atom. The Labute approximate surface area is 200 Å². The van der Waals surface area contributed by atoms with Crippen molar-refractivity contribution >= 4 is 15.7 Å². The zero-order valence-corrected chi connectivity index (χ0v) is 20.1. The second-order valence-electron chi connectivity index (χ2n) is 9.47. The Bertz CT molecular complexity index is 1190. The molecule has 1 saturated carbocycles. The molecule has 34 heavy (non-hydrogen) atoms. The summed E-state index contributed by atoms with van der Waals surface area (Å²) in [5, 5.41) is 0. The van der Waals surface area contributed by atoms with E-state index in [9.17, 15) is 12.8 Å². The van der Waals surface area contributed by atoms with Gasteiger partial charge in [0.25, 0.3) is 0 Å². The number of hydrogen-bond donors (Lipinski definition) is 1. The SMILES string of the molecule is O=S(=O)(c1ccc(F)cc1)N1Cc2ccccc2N(Cc2cnc[nH]2)[C@@H](CCC2CCCC2)C1. The number of fused-ring (bicyclic) bond motifs is 1. The Hall–Kier alpha value is -2.71. The number of hydrogen-bond acceptors (Lipinski definition) is 4. The van der Waals surface area contributed by atoms with Gasteiger partial charge in [-0.05, 0) is 54.7 Å². The molecule has 0 bridgehead atoms. The van der Waals surface area contributed by atoms with Crippen LogP contribution in [0.5, 0.6) is 0 Å². The van der Waals surface area contributed by atoms with Crippen LogP contribution in [0.15, 0.2) is 66.0 Å². The number of nitrogens with zero attached hydrogens (tertiary/aromatic N) is 3. The van der Waals surface area contributed by atoms with Crippen LogP contribution in [-0.2, 0) is 23.1 Å². The summed E-state index contributed by atoms with van der Waals surface area (Å²) >= 11 is 0. The van der Waals surface area contributed by atoms with Crippen molar-refractivity contribution in [2.75, 3.05) is 11.4 Å². The van der Waals surface area contributed by atoms with Crippen molar-refractivity contribution in [1.29, 1.82) is 0 Å². The summed E-state index contributed by atoms with van der Waals surface area (Å²) in [4.78, 5) is 9.86. The molecule has 0 radical (unpaired) electrons. The predicted octanol–water partition coefficient (Wildman–Crippen LogP) is 5.10. The van der Waals surface area contributed by atoms with E-state index in [1.165, 1.54) is 49.9 Å². The third-order valence-electron chi connectivity index (χ3n) is 7.23. The molecule has 5 rings (SSSR count). The van der Waals surface area contributed by atoms with E-state index in [4.69, 9.17) is 0 Å². The fraction of sp³-hybridized carbons (Fsp3) is 0.423. The molecule has 2 aromatic carbocycles. The number of rotatable bonds is 7. The van der Waals surface area contributed by atoms with Crippen molar-refractivity contribution in [3.8, 4) is 0 Å². The zero-order valence-electron chi connectivity index (χ0n) is 19.2. The van der Waals surface area contributed by atoms with Gasteiger partial charge in [-0.2, -0.15) is 4.31 Å². The standard InChI is InChI=1S/C26H31FN4O2S/c27-22-10-13-25(14-11-22)34(32,33)30-16-21-7-3-4-8-26(21)31(17-23-15-28-19-29-23)24(18-30)12-9-20-5-1-2-6-20/h3-4,7-8,10-11,13-15,19-20,24H,1-2,5-6,9,12,16-18H2,(H,28,29)/t24-/m0/s1. The maximum absolute atomic E-state index is 13.7. The van der Waals surface area contributed by atoms with Gasteiger partial charge in [-0.25, -0.2) is 17.8 Å². The molecule has 1 N–H and O–H groups in total. The first kappa shape index (κ1) is 23.1. The van der Waals surface area contributed by atoms with Crippen LogP contribution in [0.3, 0.4) is 0 Å². The molecule has 2 heterocycles. The van der Waals surface area contributed by atoms with Crippen LogP contribution < -0.4 is 4.90 Å². The maximum atomic E-state index is 13.7. The quantitative estimate of drug-likeness (QED) is 0.509. The highest BCUT2D eigenvalue weighted by Crippen LogP contribution is 2.35. The highest BCUT2D eigenvalue weighted by molar-refractivity contribution is 7.89. The number of aromatic nitrogens is 2. The number of para-hydroxylation sites is 1. The Morgan fingerprint density at radius 2 is 1.79 bits per heavy atom. The lowest BCUT2D eigenvalue weighted by Gasteiger charge is -2.34. The van der Waals surface area contributed by atoms with Crippen LogP contribution in [0.2, 0.25) is 0 Å². The Kier molecular flexibility index (Phi) is 6.70. The number of nitrogens with one attached hydrogen (secondary N) is 1. The summed E-state index contributed by atoms with van der Waals surface area (Å²) in [5.41, 5.74) is 3.02. The summed E-state index contributed by atoms with van der Waals surface area (Å²) in [7, 11) is -3.78. The van der Waals surface area contributed by atoms with Gasteiger partial charge in [-0.3, -0.25) is 0 Å². The van der Waals surface area contributed by atoms with E-state index in [1.54, 1.807) is 10.6 Å². The second kappa shape index (κ2) is 9.88. The first-order valence-electron chi connectivity index (χ1n) is 12.1. The highest BCUT2D eigenvalue weighted by Gasteiger charge is 2.35. The van der Waals surface area contributed by atoms with Crippen molar-refractivity contribution in [3.05, 3.63) is 78.1 Å². The second-order valence-corrected chi connectivity index (χ2v) is 11.4. The van der Waals surface area contributed by atoms with Crippen LogP contribution >= 0.6 is 0 Å². The summed E-state index contributed by atoms with van der Waals surface area (Å²) < 4.78 is 42.4. The lowest BCUT2D eigenvalue weighted by atomic mass is 9.97. The molecular weight excluding hydrogens is 451 g/mol. The van der Waals surface area contributed by atoms with Crippen molar-refractivity contribution in [2.24, 2.45) is 5.92 Å². The number of anilines is 1. The van der Waals surface area contributed by atoms with E-state index in [0.29, 0.717) is 13.1 Å². The van der Waals surface area contributed by atoms with Gasteiger partial charge >= 0.3 is 0 Å². The Balaban J connectivity index is 1.51. The van der Waals surface area contributed by atoms with Gasteiger partial charge in [0.2, 0.25) is 10.0 Å². The fourth-order valence-electron chi connectivity index (χ4n) is 5.39. The molecule has 1 aliphatic carbocycles. The van der Waals surface area contributed by atoms with Crippen LogP contribution in [0, 0.1) is 11.7 Å². The minimum Gasteiger partial charge on any atom is -0.361 e.